The molecular weight excluding hydrogens is 661 g/mol. The lowest BCUT2D eigenvalue weighted by Crippen LogP contribution is -2.29. The van der Waals surface area contributed by atoms with Gasteiger partial charge in [-0.05, 0) is 44.4 Å². The first-order valence-electron chi connectivity index (χ1n) is 15.7. The molecule has 3 unspecified atom stereocenters. The average molecular weight is 698 g/mol. The highest BCUT2D eigenvalue weighted by Crippen LogP contribution is 2.43. The number of ether oxygens (including phenoxy) is 2. The third kappa shape index (κ3) is 6.61. The Labute approximate surface area is 279 Å². The van der Waals surface area contributed by atoms with E-state index in [1.54, 1.807) is 11.7 Å². The molecule has 3 atom stereocenters. The Morgan fingerprint density at radius 2 is 1.96 bits per heavy atom. The summed E-state index contributed by atoms with van der Waals surface area (Å²) < 4.78 is 81.7. The van der Waals surface area contributed by atoms with Gasteiger partial charge in [0.1, 0.15) is 23.5 Å². The number of aromatic nitrogens is 4. The number of aliphatic imine (C=N–C) groups is 1. The van der Waals surface area contributed by atoms with Crippen molar-refractivity contribution in [2.45, 2.75) is 76.3 Å². The van der Waals surface area contributed by atoms with Crippen LogP contribution in [0.1, 0.15) is 65.6 Å². The van der Waals surface area contributed by atoms with E-state index in [1.807, 2.05) is 4.90 Å². The number of halogens is 6. The molecule has 260 valence electrons. The van der Waals surface area contributed by atoms with Crippen molar-refractivity contribution in [3.63, 3.8) is 0 Å². The molecule has 0 spiro atoms. The Bertz CT molecular complexity index is 1690. The molecule has 0 bridgehead atoms. The number of anilines is 2. The van der Waals surface area contributed by atoms with Crippen LogP contribution in [0.15, 0.2) is 17.1 Å². The first kappa shape index (κ1) is 34.1. The van der Waals surface area contributed by atoms with Crippen molar-refractivity contribution in [3.05, 3.63) is 56.7 Å². The zero-order valence-corrected chi connectivity index (χ0v) is 27.3. The molecule has 2 aromatic heterocycles. The van der Waals surface area contributed by atoms with Crippen molar-refractivity contribution < 1.29 is 31.4 Å². The van der Waals surface area contributed by atoms with Crippen LogP contribution in [-0.2, 0) is 37.0 Å². The molecular formula is C31H37ClF5N9O2. The second kappa shape index (κ2) is 13.6. The summed E-state index contributed by atoms with van der Waals surface area (Å²) in [5, 5.41) is 4.87. The topological polar surface area (TPSA) is 133 Å². The molecule has 0 saturated carbocycles. The lowest BCUT2D eigenvalue weighted by molar-refractivity contribution is -0.140. The zero-order chi connectivity index (χ0) is 34.3. The molecule has 3 aromatic rings. The first-order valence-corrected chi connectivity index (χ1v) is 16.1. The smallest absolute Gasteiger partial charge is 0.416 e. The molecule has 7 rings (SSSR count). The molecule has 2 saturated heterocycles. The van der Waals surface area contributed by atoms with E-state index in [0.29, 0.717) is 72.1 Å². The Morgan fingerprint density at radius 3 is 2.67 bits per heavy atom. The molecule has 6 heterocycles. The van der Waals surface area contributed by atoms with Crippen LogP contribution >= 0.6 is 11.6 Å². The predicted molar refractivity (Wildman–Crippen MR) is 169 cm³/mol. The number of nitrogens with zero attached hydrogens (tertiary/aromatic N) is 7. The number of benzene rings is 1. The van der Waals surface area contributed by atoms with E-state index in [1.165, 1.54) is 20.0 Å². The maximum absolute atomic E-state index is 15.0. The van der Waals surface area contributed by atoms with Gasteiger partial charge in [-0.25, -0.2) is 8.78 Å². The number of alkyl halides is 4. The van der Waals surface area contributed by atoms with Crippen molar-refractivity contribution >= 4 is 28.9 Å². The summed E-state index contributed by atoms with van der Waals surface area (Å²) in [5.41, 5.74) is 11.4. The van der Waals surface area contributed by atoms with Crippen LogP contribution in [0.2, 0.25) is 5.02 Å². The highest BCUT2D eigenvalue weighted by atomic mass is 35.5. The van der Waals surface area contributed by atoms with Crippen LogP contribution in [0.4, 0.5) is 33.5 Å². The van der Waals surface area contributed by atoms with Crippen LogP contribution in [0.5, 0.6) is 6.01 Å². The van der Waals surface area contributed by atoms with Gasteiger partial charge in [-0.15, -0.1) is 0 Å². The molecule has 11 nitrogen and oxygen atoms in total. The second-order valence-corrected chi connectivity index (χ2v) is 12.6. The normalized spacial score (nSPS) is 22.8. The highest BCUT2D eigenvalue weighted by Gasteiger charge is 2.40. The minimum atomic E-state index is -4.80. The van der Waals surface area contributed by atoms with Gasteiger partial charge >= 0.3 is 12.2 Å². The Balaban J connectivity index is 0.000000381. The van der Waals surface area contributed by atoms with Gasteiger partial charge in [0, 0.05) is 50.3 Å². The average Bonchev–Trinajstić information content (AvgIpc) is 3.68. The van der Waals surface area contributed by atoms with Crippen molar-refractivity contribution in [2.75, 3.05) is 44.4 Å². The van der Waals surface area contributed by atoms with E-state index in [9.17, 15) is 22.0 Å². The quantitative estimate of drug-likeness (QED) is 0.170. The molecule has 0 aliphatic carbocycles. The van der Waals surface area contributed by atoms with E-state index < -0.39 is 41.1 Å². The van der Waals surface area contributed by atoms with Crippen LogP contribution in [0.3, 0.4) is 0 Å². The van der Waals surface area contributed by atoms with E-state index >= 15 is 0 Å². The van der Waals surface area contributed by atoms with Gasteiger partial charge in [0.2, 0.25) is 0 Å². The standard InChI is InChI=1S/C24H25ClF4N8O2.C7H12FN/c1-32-21(31)20-18(25)15-9-36(6-3-7-37(15)35-20)22-11-10-39-16(8-14(11)33-23(34-22)38-2)17-12(24(27,28)29)4-5-13(30)19(17)26;8-6-4-7-2-1-3-9(7)5-6/h4-5,16H,3,6-10,30H2,1-2H3,(H2,31,32);6-7H,1-5H2. The van der Waals surface area contributed by atoms with Crippen molar-refractivity contribution in [3.8, 4) is 6.01 Å². The van der Waals surface area contributed by atoms with Crippen molar-refractivity contribution in [2.24, 2.45) is 10.7 Å². The summed E-state index contributed by atoms with van der Waals surface area (Å²) in [5.74, 6) is -0.482. The number of aryl methyl sites for hydroxylation is 1. The molecule has 2 fully saturated rings. The maximum Gasteiger partial charge on any atom is 0.416 e. The van der Waals surface area contributed by atoms with Gasteiger partial charge in [0.15, 0.2) is 5.82 Å². The monoisotopic (exact) mass is 697 g/mol. The zero-order valence-electron chi connectivity index (χ0n) is 26.5. The SMILES string of the molecule is CN=C(N)c1nn2c(c1Cl)CN(c1nc(OC)nc3c1COC(c1c(C(F)(F)F)ccc(N)c1F)C3)CCC2.FC1CC2CCCN2C1. The summed E-state index contributed by atoms with van der Waals surface area (Å²) in [4.78, 5) is 17.1. The van der Waals surface area contributed by atoms with Crippen LogP contribution in [-0.4, -0.2) is 76.5 Å². The number of hydrogen-bond donors (Lipinski definition) is 2. The number of fused-ring (bicyclic) bond motifs is 3. The lowest BCUT2D eigenvalue weighted by Gasteiger charge is -2.31. The molecule has 4 N–H and O–H groups in total. The molecule has 4 aliphatic rings. The number of nitrogens with two attached hydrogens (primary N) is 2. The third-order valence-corrected chi connectivity index (χ3v) is 9.65. The van der Waals surface area contributed by atoms with Crippen molar-refractivity contribution in [1.29, 1.82) is 0 Å². The fourth-order valence-electron chi connectivity index (χ4n) is 6.90. The van der Waals surface area contributed by atoms with Gasteiger partial charge in [0.25, 0.3) is 0 Å². The Morgan fingerprint density at radius 1 is 1.17 bits per heavy atom. The Kier molecular flexibility index (Phi) is 9.69. The van der Waals surface area contributed by atoms with Gasteiger partial charge in [-0.1, -0.05) is 11.6 Å². The van der Waals surface area contributed by atoms with E-state index in [4.69, 9.17) is 32.5 Å². The van der Waals surface area contributed by atoms with E-state index in [2.05, 4.69) is 25.0 Å². The highest BCUT2D eigenvalue weighted by molar-refractivity contribution is 6.34. The van der Waals surface area contributed by atoms with Gasteiger partial charge in [-0.2, -0.15) is 28.2 Å². The third-order valence-electron chi connectivity index (χ3n) is 9.25. The number of rotatable bonds is 4. The lowest BCUT2D eigenvalue weighted by atomic mass is 9.94. The number of nitrogen functional groups attached to an aromatic ring is 1. The summed E-state index contributed by atoms with van der Waals surface area (Å²) in [6, 6.07) is 2.27. The molecule has 1 aromatic carbocycles. The molecule has 0 radical (unpaired) electrons. The molecule has 48 heavy (non-hydrogen) atoms. The molecule has 0 amide bonds. The second-order valence-electron chi connectivity index (χ2n) is 12.2. The van der Waals surface area contributed by atoms with Crippen LogP contribution < -0.4 is 21.1 Å². The van der Waals surface area contributed by atoms with Gasteiger partial charge in [-0.3, -0.25) is 14.6 Å². The predicted octanol–water partition coefficient (Wildman–Crippen LogP) is 4.83. The van der Waals surface area contributed by atoms with Crippen molar-refractivity contribution in [1.82, 2.24) is 24.6 Å². The van der Waals surface area contributed by atoms with Crippen LogP contribution in [0, 0.1) is 5.82 Å². The van der Waals surface area contributed by atoms with Gasteiger partial charge in [0.05, 0.1) is 54.0 Å². The van der Waals surface area contributed by atoms with Gasteiger partial charge < -0.3 is 25.8 Å². The first-order chi connectivity index (χ1) is 22.9. The minimum absolute atomic E-state index is 0.0143. The summed E-state index contributed by atoms with van der Waals surface area (Å²) in [6.45, 7) is 3.14. The maximum atomic E-state index is 15.0. The molecule has 4 aliphatic heterocycles. The number of amidine groups is 1. The largest absolute Gasteiger partial charge is 0.467 e. The summed E-state index contributed by atoms with van der Waals surface area (Å²) in [6.07, 6.45) is -2.73. The van der Waals surface area contributed by atoms with E-state index in [-0.39, 0.29) is 24.9 Å². The summed E-state index contributed by atoms with van der Waals surface area (Å²) >= 11 is 6.62. The molecule has 17 heteroatoms. The fraction of sp³-hybridized carbons (Fsp3) is 0.548. The fourth-order valence-corrected chi connectivity index (χ4v) is 7.19. The van der Waals surface area contributed by atoms with Crippen LogP contribution in [0.25, 0.3) is 0 Å². The number of methoxy groups -OCH3 is 1. The number of hydrogen-bond acceptors (Lipinski definition) is 9. The Hall–Kier alpha value is -3.76. The summed E-state index contributed by atoms with van der Waals surface area (Å²) in [7, 11) is 2.93. The van der Waals surface area contributed by atoms with E-state index in [0.717, 1.165) is 25.1 Å². The minimum Gasteiger partial charge on any atom is -0.467 e.